The van der Waals surface area contributed by atoms with Crippen LogP contribution in [-0.2, 0) is 4.79 Å². The zero-order chi connectivity index (χ0) is 14.8. The van der Waals surface area contributed by atoms with E-state index in [1.54, 1.807) is 0 Å². The Morgan fingerprint density at radius 3 is 2.42 bits per heavy atom. The van der Waals surface area contributed by atoms with Crippen molar-refractivity contribution in [1.82, 2.24) is 0 Å². The normalized spacial score (nSPS) is 26.3. The second kappa shape index (κ2) is 5.22. The van der Waals surface area contributed by atoms with Crippen molar-refractivity contribution in [1.29, 1.82) is 0 Å². The Hall–Kier alpha value is -2.16. The van der Waals surface area contributed by atoms with Crippen molar-refractivity contribution in [3.63, 3.8) is 0 Å². The largest absolute Gasteiger partial charge is 0.391 e. The number of amides is 1. The van der Waals surface area contributed by atoms with Gasteiger partial charge in [-0.2, -0.15) is 0 Å². The van der Waals surface area contributed by atoms with E-state index in [9.17, 15) is 25.0 Å². The third kappa shape index (κ3) is 2.24. The maximum Gasteiger partial charge on any atom is 0.295 e. The van der Waals surface area contributed by atoms with Crippen molar-refractivity contribution in [2.45, 2.75) is 12.0 Å². The number of nitro groups is 2. The summed E-state index contributed by atoms with van der Waals surface area (Å²) in [5.41, 5.74) is 7.24. The molecule has 0 radical (unpaired) electrons. The molecule has 10 heteroatoms. The van der Waals surface area contributed by atoms with Crippen molar-refractivity contribution < 1.29 is 14.6 Å². The molecule has 0 bridgehead atoms. The van der Waals surface area contributed by atoms with Crippen molar-refractivity contribution >= 4 is 17.5 Å². The van der Waals surface area contributed by atoms with E-state index in [-0.39, 0.29) is 12.3 Å². The summed E-state index contributed by atoms with van der Waals surface area (Å²) in [6.45, 7) is 0. The number of carbonyl (C=O) groups excluding carboxylic acids is 1. The van der Waals surface area contributed by atoms with Crippen LogP contribution < -0.4 is 11.5 Å². The van der Waals surface area contributed by atoms with Gasteiger partial charge in [-0.05, 0) is 0 Å². The molecule has 2 atom stereocenters. The lowest BCUT2D eigenvalue weighted by Gasteiger charge is -2.30. The van der Waals surface area contributed by atoms with Crippen molar-refractivity contribution in [2.24, 2.45) is 17.4 Å². The predicted molar refractivity (Wildman–Crippen MR) is 65.1 cm³/mol. The molecule has 0 aromatic heterocycles. The number of carbonyl (C=O) groups is 1. The van der Waals surface area contributed by atoms with Crippen LogP contribution in [0.25, 0.3) is 0 Å². The summed E-state index contributed by atoms with van der Waals surface area (Å²) in [6, 6.07) is 0. The third-order valence-corrected chi connectivity index (χ3v) is 3.20. The Morgan fingerprint density at radius 2 is 2.05 bits per heavy atom. The summed E-state index contributed by atoms with van der Waals surface area (Å²) >= 11 is 5.50. The van der Waals surface area contributed by atoms with E-state index in [0.29, 0.717) is 0 Å². The highest BCUT2D eigenvalue weighted by molar-refractivity contribution is 6.17. The highest BCUT2D eigenvalue weighted by Gasteiger charge is 2.58. The Morgan fingerprint density at radius 1 is 1.47 bits per heavy atom. The molecule has 2 unspecified atom stereocenters. The molecular formula is C9H11ClN4O5. The fourth-order valence-electron chi connectivity index (χ4n) is 2.05. The molecule has 0 saturated carbocycles. The fourth-order valence-corrected chi connectivity index (χ4v) is 2.34. The number of nitrogens with zero attached hydrogens (tertiary/aromatic N) is 2. The summed E-state index contributed by atoms with van der Waals surface area (Å²) < 4.78 is 0. The molecule has 104 valence electrons. The van der Waals surface area contributed by atoms with E-state index in [0.717, 1.165) is 12.2 Å². The number of primary amides is 1. The van der Waals surface area contributed by atoms with Crippen LogP contribution in [0, 0.1) is 26.1 Å². The minimum Gasteiger partial charge on any atom is -0.391 e. The molecule has 0 aromatic carbocycles. The lowest BCUT2D eigenvalue weighted by atomic mass is 9.75. The number of rotatable bonds is 5. The average Bonchev–Trinajstić information content (AvgIpc) is 2.30. The van der Waals surface area contributed by atoms with Crippen LogP contribution in [0.2, 0.25) is 0 Å². The summed E-state index contributed by atoms with van der Waals surface area (Å²) in [7, 11) is 0. The molecule has 0 saturated heterocycles. The monoisotopic (exact) mass is 290 g/mol. The zero-order valence-corrected chi connectivity index (χ0v) is 10.4. The van der Waals surface area contributed by atoms with Crippen LogP contribution in [0.15, 0.2) is 23.5 Å². The number of alkyl halides is 1. The molecule has 1 amide bonds. The minimum absolute atomic E-state index is 0.204. The SMILES string of the molecule is NC(=O)C1C=CC([N+](=O)[O-])=C(N)C1(CCCl)[N+](=O)[O-]. The zero-order valence-electron chi connectivity index (χ0n) is 9.61. The van der Waals surface area contributed by atoms with Gasteiger partial charge in [0.2, 0.25) is 5.91 Å². The van der Waals surface area contributed by atoms with E-state index in [1.807, 2.05) is 0 Å². The summed E-state index contributed by atoms with van der Waals surface area (Å²) in [5, 5.41) is 22.1. The molecule has 4 N–H and O–H groups in total. The smallest absolute Gasteiger partial charge is 0.295 e. The van der Waals surface area contributed by atoms with Gasteiger partial charge >= 0.3 is 0 Å². The Kier molecular flexibility index (Phi) is 4.10. The highest BCUT2D eigenvalue weighted by Crippen LogP contribution is 2.37. The average molecular weight is 291 g/mol. The van der Waals surface area contributed by atoms with E-state index >= 15 is 0 Å². The van der Waals surface area contributed by atoms with Gasteiger partial charge in [-0.15, -0.1) is 11.6 Å². The topological polar surface area (TPSA) is 155 Å². The van der Waals surface area contributed by atoms with Crippen molar-refractivity contribution in [3.05, 3.63) is 43.8 Å². The second-order valence-corrected chi connectivity index (χ2v) is 4.29. The molecule has 0 fully saturated rings. The molecule has 0 aromatic rings. The molecule has 9 nitrogen and oxygen atoms in total. The van der Waals surface area contributed by atoms with Crippen LogP contribution in [0.1, 0.15) is 6.42 Å². The fraction of sp³-hybridized carbons (Fsp3) is 0.444. The van der Waals surface area contributed by atoms with Crippen LogP contribution in [-0.4, -0.2) is 27.2 Å². The van der Waals surface area contributed by atoms with Gasteiger partial charge in [-0.1, -0.05) is 6.08 Å². The number of nitrogens with two attached hydrogens (primary N) is 2. The standard InChI is InChI=1S/C9H11ClN4O5/c10-4-3-9(14(18)19)5(8(12)15)1-2-6(7(9)11)13(16)17/h1-2,5H,3-4,11H2,(H2,12,15). The van der Waals surface area contributed by atoms with Crippen molar-refractivity contribution in [2.75, 3.05) is 5.88 Å². The van der Waals surface area contributed by atoms with Gasteiger partial charge in [0, 0.05) is 23.3 Å². The van der Waals surface area contributed by atoms with Crippen molar-refractivity contribution in [3.8, 4) is 0 Å². The van der Waals surface area contributed by atoms with Crippen LogP contribution in [0.4, 0.5) is 0 Å². The third-order valence-electron chi connectivity index (χ3n) is 3.01. The maximum atomic E-state index is 11.3. The molecule has 1 rings (SSSR count). The van der Waals surface area contributed by atoms with E-state index < -0.39 is 38.6 Å². The van der Waals surface area contributed by atoms with Gasteiger partial charge in [-0.25, -0.2) is 0 Å². The first-order valence-corrected chi connectivity index (χ1v) is 5.65. The summed E-state index contributed by atoms with van der Waals surface area (Å²) in [5.74, 6) is -2.59. The molecule has 0 spiro atoms. The van der Waals surface area contributed by atoms with E-state index in [4.69, 9.17) is 23.1 Å². The number of hydrogen-bond acceptors (Lipinski definition) is 6. The minimum atomic E-state index is -2.18. The van der Waals surface area contributed by atoms with Gasteiger partial charge < -0.3 is 11.5 Å². The second-order valence-electron chi connectivity index (χ2n) is 3.92. The van der Waals surface area contributed by atoms with E-state index in [1.165, 1.54) is 0 Å². The first-order chi connectivity index (χ1) is 8.78. The lowest BCUT2D eigenvalue weighted by molar-refractivity contribution is -0.566. The molecule has 0 aliphatic heterocycles. The van der Waals surface area contributed by atoms with Gasteiger partial charge in [0.1, 0.15) is 5.92 Å². The first-order valence-electron chi connectivity index (χ1n) is 5.11. The Bertz CT molecular complexity index is 503. The predicted octanol–water partition coefficient (Wildman–Crippen LogP) is -0.251. The van der Waals surface area contributed by atoms with E-state index in [2.05, 4.69) is 0 Å². The van der Waals surface area contributed by atoms with Gasteiger partial charge in [0.25, 0.3) is 11.2 Å². The highest BCUT2D eigenvalue weighted by atomic mass is 35.5. The molecule has 19 heavy (non-hydrogen) atoms. The van der Waals surface area contributed by atoms with Crippen LogP contribution >= 0.6 is 11.6 Å². The summed E-state index contributed by atoms with van der Waals surface area (Å²) in [4.78, 5) is 31.8. The number of allylic oxidation sites excluding steroid dienone is 1. The number of hydrogen-bond donors (Lipinski definition) is 2. The molecular weight excluding hydrogens is 280 g/mol. The molecule has 0 heterocycles. The van der Waals surface area contributed by atoms with Crippen LogP contribution in [0.5, 0.6) is 0 Å². The van der Waals surface area contributed by atoms with Crippen LogP contribution in [0.3, 0.4) is 0 Å². The Balaban J connectivity index is 3.55. The van der Waals surface area contributed by atoms with Gasteiger partial charge in [-0.3, -0.25) is 25.0 Å². The van der Waals surface area contributed by atoms with Gasteiger partial charge in [0.15, 0.2) is 5.70 Å². The summed E-state index contributed by atoms with van der Waals surface area (Å²) in [6.07, 6.45) is 1.62. The first kappa shape index (κ1) is 14.9. The number of halogens is 1. The quantitative estimate of drug-likeness (QED) is 0.404. The molecule has 1 aliphatic rings. The maximum absolute atomic E-state index is 11.3. The lowest BCUT2D eigenvalue weighted by Crippen LogP contribution is -2.56. The Labute approximate surface area is 112 Å². The van der Waals surface area contributed by atoms with Gasteiger partial charge in [0.05, 0.1) is 4.92 Å². The molecule has 1 aliphatic carbocycles.